The molecule has 5 nitrogen and oxygen atoms in total. The van der Waals surface area contributed by atoms with Crippen molar-refractivity contribution in [1.82, 2.24) is 10.3 Å². The molecular formula is C19H18ClN3O2S. The number of benzene rings is 2. The first-order chi connectivity index (χ1) is 12.6. The Morgan fingerprint density at radius 3 is 2.77 bits per heavy atom. The van der Waals surface area contributed by atoms with Gasteiger partial charge in [-0.2, -0.15) is 0 Å². The summed E-state index contributed by atoms with van der Waals surface area (Å²) in [5.41, 5.74) is 2.61. The van der Waals surface area contributed by atoms with Gasteiger partial charge in [0, 0.05) is 22.6 Å². The van der Waals surface area contributed by atoms with E-state index >= 15 is 0 Å². The van der Waals surface area contributed by atoms with Gasteiger partial charge in [0.15, 0.2) is 5.13 Å². The number of carbonyl (C=O) groups excluding carboxylic acids is 1. The van der Waals surface area contributed by atoms with Crippen LogP contribution in [0.2, 0.25) is 5.02 Å². The van der Waals surface area contributed by atoms with Crippen LogP contribution in [0.5, 0.6) is 5.75 Å². The number of halogens is 1. The number of methoxy groups -OCH3 is 1. The molecule has 0 spiro atoms. The van der Waals surface area contributed by atoms with Gasteiger partial charge in [0.05, 0.1) is 19.2 Å². The first kappa shape index (κ1) is 18.2. The lowest BCUT2D eigenvalue weighted by Crippen LogP contribution is -2.24. The molecule has 0 aliphatic heterocycles. The van der Waals surface area contributed by atoms with Gasteiger partial charge in [-0.25, -0.2) is 4.98 Å². The van der Waals surface area contributed by atoms with E-state index in [2.05, 4.69) is 15.6 Å². The molecule has 0 bridgehead atoms. The molecule has 0 saturated heterocycles. The van der Waals surface area contributed by atoms with Crippen molar-refractivity contribution in [3.8, 4) is 5.75 Å². The zero-order valence-corrected chi connectivity index (χ0v) is 15.7. The fourth-order valence-corrected chi connectivity index (χ4v) is 3.23. The standard InChI is InChI=1S/C19H18ClN3O2S/c1-25-17-7-5-13(6-8-17)11-21-18(24)10-16-12-26-19(23-16)22-15-4-2-3-14(20)9-15/h2-9,12H,10-11H2,1H3,(H,21,24)(H,22,23). The fraction of sp³-hybridized carbons (Fsp3) is 0.158. The third-order valence-corrected chi connectivity index (χ3v) is 4.66. The van der Waals surface area contributed by atoms with Crippen LogP contribution >= 0.6 is 22.9 Å². The number of aromatic nitrogens is 1. The summed E-state index contributed by atoms with van der Waals surface area (Å²) in [6, 6.07) is 15.0. The van der Waals surface area contributed by atoms with E-state index in [1.165, 1.54) is 11.3 Å². The van der Waals surface area contributed by atoms with Gasteiger partial charge in [-0.05, 0) is 35.9 Å². The second-order valence-electron chi connectivity index (χ2n) is 5.58. The number of ether oxygens (including phenoxy) is 1. The summed E-state index contributed by atoms with van der Waals surface area (Å²) in [7, 11) is 1.63. The van der Waals surface area contributed by atoms with E-state index in [1.807, 2.05) is 53.9 Å². The third-order valence-electron chi connectivity index (χ3n) is 3.62. The monoisotopic (exact) mass is 387 g/mol. The summed E-state index contributed by atoms with van der Waals surface area (Å²) in [6.45, 7) is 0.473. The van der Waals surface area contributed by atoms with Crippen LogP contribution in [0, 0.1) is 0 Å². The maximum atomic E-state index is 12.1. The average Bonchev–Trinajstić information content (AvgIpc) is 3.07. The van der Waals surface area contributed by atoms with E-state index in [9.17, 15) is 4.79 Å². The lowest BCUT2D eigenvalue weighted by Gasteiger charge is -2.05. The van der Waals surface area contributed by atoms with Crippen LogP contribution in [0.3, 0.4) is 0 Å². The molecule has 0 radical (unpaired) electrons. The maximum Gasteiger partial charge on any atom is 0.226 e. The summed E-state index contributed by atoms with van der Waals surface area (Å²) < 4.78 is 5.12. The fourth-order valence-electron chi connectivity index (χ4n) is 2.31. The number of amides is 1. The average molecular weight is 388 g/mol. The number of hydrogen-bond donors (Lipinski definition) is 2. The van der Waals surface area contributed by atoms with Crippen LogP contribution in [0.25, 0.3) is 0 Å². The second kappa shape index (κ2) is 8.69. The van der Waals surface area contributed by atoms with Gasteiger partial charge in [0.25, 0.3) is 0 Å². The molecule has 0 fully saturated rings. The lowest BCUT2D eigenvalue weighted by molar-refractivity contribution is -0.120. The van der Waals surface area contributed by atoms with Gasteiger partial charge >= 0.3 is 0 Å². The first-order valence-electron chi connectivity index (χ1n) is 7.99. The molecule has 1 amide bonds. The van der Waals surface area contributed by atoms with Gasteiger partial charge < -0.3 is 15.4 Å². The van der Waals surface area contributed by atoms with E-state index < -0.39 is 0 Å². The zero-order valence-electron chi connectivity index (χ0n) is 14.2. The highest BCUT2D eigenvalue weighted by Gasteiger charge is 2.08. The number of hydrogen-bond acceptors (Lipinski definition) is 5. The van der Waals surface area contributed by atoms with Crippen LogP contribution in [-0.4, -0.2) is 18.0 Å². The number of rotatable bonds is 7. The number of carbonyl (C=O) groups is 1. The van der Waals surface area contributed by atoms with Crippen LogP contribution in [0.1, 0.15) is 11.3 Å². The summed E-state index contributed by atoms with van der Waals surface area (Å²) in [6.07, 6.45) is 0.240. The molecule has 0 atom stereocenters. The summed E-state index contributed by atoms with van der Waals surface area (Å²) in [5, 5.41) is 9.34. The van der Waals surface area contributed by atoms with Crippen molar-refractivity contribution in [2.45, 2.75) is 13.0 Å². The van der Waals surface area contributed by atoms with Crippen molar-refractivity contribution < 1.29 is 9.53 Å². The molecule has 3 rings (SSSR count). The van der Waals surface area contributed by atoms with E-state index in [1.54, 1.807) is 7.11 Å². The Labute approximate surface area is 161 Å². The molecule has 134 valence electrons. The molecule has 0 aliphatic rings. The highest BCUT2D eigenvalue weighted by Crippen LogP contribution is 2.23. The van der Waals surface area contributed by atoms with Crippen LogP contribution < -0.4 is 15.4 Å². The Morgan fingerprint density at radius 1 is 1.23 bits per heavy atom. The third kappa shape index (κ3) is 5.21. The summed E-state index contributed by atoms with van der Waals surface area (Å²) >= 11 is 7.42. The predicted octanol–water partition coefficient (Wildman–Crippen LogP) is 4.41. The van der Waals surface area contributed by atoms with E-state index in [0.717, 1.165) is 27.8 Å². The van der Waals surface area contributed by atoms with E-state index in [0.29, 0.717) is 11.6 Å². The molecule has 0 saturated carbocycles. The topological polar surface area (TPSA) is 63.2 Å². The summed E-state index contributed by atoms with van der Waals surface area (Å²) in [4.78, 5) is 16.6. The minimum absolute atomic E-state index is 0.0691. The predicted molar refractivity (Wildman–Crippen MR) is 105 cm³/mol. The Kier molecular flexibility index (Phi) is 6.09. The van der Waals surface area contributed by atoms with Gasteiger partial charge in [-0.3, -0.25) is 4.79 Å². The number of nitrogens with one attached hydrogen (secondary N) is 2. The molecule has 1 heterocycles. The zero-order chi connectivity index (χ0) is 18.4. The molecule has 0 unspecified atom stereocenters. The number of thiazole rings is 1. The van der Waals surface area contributed by atoms with Gasteiger partial charge in [0.1, 0.15) is 5.75 Å². The van der Waals surface area contributed by atoms with E-state index in [-0.39, 0.29) is 12.3 Å². The van der Waals surface area contributed by atoms with Crippen LogP contribution in [-0.2, 0) is 17.8 Å². The Balaban J connectivity index is 1.50. The summed E-state index contributed by atoms with van der Waals surface area (Å²) in [5.74, 6) is 0.725. The number of nitrogens with zero attached hydrogens (tertiary/aromatic N) is 1. The molecular weight excluding hydrogens is 370 g/mol. The second-order valence-corrected chi connectivity index (χ2v) is 6.88. The first-order valence-corrected chi connectivity index (χ1v) is 9.25. The van der Waals surface area contributed by atoms with Crippen molar-refractivity contribution >= 4 is 39.7 Å². The molecule has 7 heteroatoms. The van der Waals surface area contributed by atoms with Crippen molar-refractivity contribution in [2.24, 2.45) is 0 Å². The van der Waals surface area contributed by atoms with Crippen molar-refractivity contribution in [1.29, 1.82) is 0 Å². The smallest absolute Gasteiger partial charge is 0.226 e. The SMILES string of the molecule is COc1ccc(CNC(=O)Cc2csc(Nc3cccc(Cl)c3)n2)cc1. The molecule has 2 N–H and O–H groups in total. The van der Waals surface area contributed by atoms with E-state index in [4.69, 9.17) is 16.3 Å². The molecule has 2 aromatic carbocycles. The van der Waals surface area contributed by atoms with Gasteiger partial charge in [-0.15, -0.1) is 11.3 Å². The maximum absolute atomic E-state index is 12.1. The normalized spacial score (nSPS) is 10.4. The molecule has 26 heavy (non-hydrogen) atoms. The highest BCUT2D eigenvalue weighted by molar-refractivity contribution is 7.13. The lowest BCUT2D eigenvalue weighted by atomic mass is 10.2. The van der Waals surface area contributed by atoms with Crippen molar-refractivity contribution in [3.63, 3.8) is 0 Å². The molecule has 3 aromatic rings. The number of anilines is 2. The quantitative estimate of drug-likeness (QED) is 0.630. The highest BCUT2D eigenvalue weighted by atomic mass is 35.5. The van der Waals surface area contributed by atoms with Gasteiger partial charge in [-0.1, -0.05) is 29.8 Å². The van der Waals surface area contributed by atoms with Crippen LogP contribution in [0.15, 0.2) is 53.9 Å². The minimum Gasteiger partial charge on any atom is -0.497 e. The van der Waals surface area contributed by atoms with Crippen molar-refractivity contribution in [2.75, 3.05) is 12.4 Å². The largest absolute Gasteiger partial charge is 0.497 e. The Morgan fingerprint density at radius 2 is 2.04 bits per heavy atom. The molecule has 0 aliphatic carbocycles. The minimum atomic E-state index is -0.0691. The molecule has 1 aromatic heterocycles. The van der Waals surface area contributed by atoms with Crippen molar-refractivity contribution in [3.05, 3.63) is 70.2 Å². The van der Waals surface area contributed by atoms with Crippen LogP contribution in [0.4, 0.5) is 10.8 Å². The Bertz CT molecular complexity index is 881. The Hall–Kier alpha value is -2.57. The van der Waals surface area contributed by atoms with Gasteiger partial charge in [0.2, 0.25) is 5.91 Å².